The van der Waals surface area contributed by atoms with Gasteiger partial charge in [-0.2, -0.15) is 5.26 Å². The van der Waals surface area contributed by atoms with Crippen LogP contribution < -0.4 is 10.6 Å². The molecule has 0 bridgehead atoms. The van der Waals surface area contributed by atoms with Crippen LogP contribution in [0.25, 0.3) is 0 Å². The van der Waals surface area contributed by atoms with Crippen molar-refractivity contribution in [3.8, 4) is 6.07 Å². The summed E-state index contributed by atoms with van der Waals surface area (Å²) in [4.78, 5) is 8.47. The number of hydrogen-bond donors (Lipinski definition) is 2. The van der Waals surface area contributed by atoms with Gasteiger partial charge >= 0.3 is 0 Å². The van der Waals surface area contributed by atoms with Gasteiger partial charge in [-0.3, -0.25) is 9.98 Å². The van der Waals surface area contributed by atoms with Gasteiger partial charge in [0, 0.05) is 38.4 Å². The molecule has 0 aliphatic heterocycles. The summed E-state index contributed by atoms with van der Waals surface area (Å²) in [6, 6.07) is 15.5. The predicted octanol–water partition coefficient (Wildman–Crippen LogP) is 1.86. The molecule has 1 aromatic carbocycles. The molecule has 5 nitrogen and oxygen atoms in total. The first-order valence-electron chi connectivity index (χ1n) is 7.15. The lowest BCUT2D eigenvalue weighted by molar-refractivity contribution is 0.784. The highest BCUT2D eigenvalue weighted by Gasteiger charge is 1.99. The summed E-state index contributed by atoms with van der Waals surface area (Å²) in [7, 11) is 1.74. The van der Waals surface area contributed by atoms with E-state index in [1.165, 1.54) is 0 Å². The van der Waals surface area contributed by atoms with E-state index in [0.29, 0.717) is 12.1 Å². The number of nitrogens with zero attached hydrogens (tertiary/aromatic N) is 3. The van der Waals surface area contributed by atoms with Gasteiger partial charge in [0.05, 0.1) is 11.6 Å². The molecule has 2 N–H and O–H groups in total. The minimum Gasteiger partial charge on any atom is -0.356 e. The summed E-state index contributed by atoms with van der Waals surface area (Å²) in [5, 5.41) is 15.3. The molecule has 22 heavy (non-hydrogen) atoms. The fraction of sp³-hybridized carbons (Fsp3) is 0.235. The molecule has 0 aliphatic rings. The lowest BCUT2D eigenvalue weighted by atomic mass is 10.1. The summed E-state index contributed by atoms with van der Waals surface area (Å²) < 4.78 is 0. The van der Waals surface area contributed by atoms with Gasteiger partial charge in [0.25, 0.3) is 0 Å². The maximum atomic E-state index is 8.78. The molecule has 1 heterocycles. The van der Waals surface area contributed by atoms with Gasteiger partial charge in [0.15, 0.2) is 5.96 Å². The molecule has 0 fully saturated rings. The summed E-state index contributed by atoms with van der Waals surface area (Å²) in [5.41, 5.74) is 2.82. The number of nitrogens with one attached hydrogen (secondary N) is 2. The molecule has 0 saturated heterocycles. The maximum Gasteiger partial charge on any atom is 0.191 e. The zero-order chi connectivity index (χ0) is 15.6. The Morgan fingerprint density at radius 1 is 1.18 bits per heavy atom. The zero-order valence-corrected chi connectivity index (χ0v) is 12.6. The number of nitriles is 1. The van der Waals surface area contributed by atoms with Crippen LogP contribution in [0.4, 0.5) is 0 Å². The lowest BCUT2D eigenvalue weighted by Crippen LogP contribution is -2.37. The van der Waals surface area contributed by atoms with Crippen molar-refractivity contribution in [1.29, 1.82) is 5.26 Å². The highest BCUT2D eigenvalue weighted by molar-refractivity contribution is 5.79. The monoisotopic (exact) mass is 293 g/mol. The van der Waals surface area contributed by atoms with Crippen molar-refractivity contribution in [3.05, 3.63) is 65.5 Å². The Balaban J connectivity index is 1.76. The van der Waals surface area contributed by atoms with Gasteiger partial charge in [-0.15, -0.1) is 0 Å². The van der Waals surface area contributed by atoms with Crippen molar-refractivity contribution in [3.63, 3.8) is 0 Å². The minimum atomic E-state index is 0.662. The van der Waals surface area contributed by atoms with Crippen LogP contribution in [0.15, 0.2) is 53.7 Å². The number of rotatable bonds is 5. The third kappa shape index (κ3) is 4.91. The van der Waals surface area contributed by atoms with Crippen LogP contribution in [-0.4, -0.2) is 24.5 Å². The van der Waals surface area contributed by atoms with E-state index in [2.05, 4.69) is 26.7 Å². The molecule has 0 unspecified atom stereocenters. The molecular formula is C17H19N5. The first-order chi connectivity index (χ1) is 10.8. The van der Waals surface area contributed by atoms with E-state index in [-0.39, 0.29) is 0 Å². The lowest BCUT2D eigenvalue weighted by Gasteiger charge is -2.11. The second-order valence-electron chi connectivity index (χ2n) is 4.73. The fourth-order valence-corrected chi connectivity index (χ4v) is 1.96. The second-order valence-corrected chi connectivity index (χ2v) is 4.73. The number of pyridine rings is 1. The molecule has 0 radical (unpaired) electrons. The number of benzene rings is 1. The third-order valence-electron chi connectivity index (χ3n) is 3.17. The number of guanidine groups is 1. The van der Waals surface area contributed by atoms with Crippen LogP contribution in [0.2, 0.25) is 0 Å². The standard InChI is InChI=1S/C17H19N5/c1-19-17(21-11-9-16-4-2-3-10-20-16)22-13-15-7-5-14(12-18)6-8-15/h2-8,10H,9,11,13H2,1H3,(H2,19,21,22). The molecule has 0 saturated carbocycles. The summed E-state index contributed by atoms with van der Waals surface area (Å²) in [6.45, 7) is 1.43. The van der Waals surface area contributed by atoms with Crippen LogP contribution in [0.5, 0.6) is 0 Å². The quantitative estimate of drug-likeness (QED) is 0.652. The number of hydrogen-bond acceptors (Lipinski definition) is 3. The molecule has 2 aromatic rings. The molecule has 0 atom stereocenters. The second kappa shape index (κ2) is 8.42. The van der Waals surface area contributed by atoms with E-state index in [1.807, 2.05) is 42.5 Å². The van der Waals surface area contributed by atoms with Crippen molar-refractivity contribution in [2.45, 2.75) is 13.0 Å². The van der Waals surface area contributed by atoms with Gasteiger partial charge in [-0.1, -0.05) is 18.2 Å². The Bertz CT molecular complexity index is 641. The molecule has 1 aromatic heterocycles. The van der Waals surface area contributed by atoms with Crippen LogP contribution in [0, 0.1) is 11.3 Å². The third-order valence-corrected chi connectivity index (χ3v) is 3.17. The smallest absolute Gasteiger partial charge is 0.191 e. The summed E-state index contributed by atoms with van der Waals surface area (Å²) >= 11 is 0. The largest absolute Gasteiger partial charge is 0.356 e. The van der Waals surface area contributed by atoms with Crippen molar-refractivity contribution in [2.75, 3.05) is 13.6 Å². The first-order valence-corrected chi connectivity index (χ1v) is 7.15. The molecule has 0 aliphatic carbocycles. The van der Waals surface area contributed by atoms with Gasteiger partial charge in [0.2, 0.25) is 0 Å². The van der Waals surface area contributed by atoms with Crippen molar-refractivity contribution in [1.82, 2.24) is 15.6 Å². The summed E-state index contributed by atoms with van der Waals surface area (Å²) in [5.74, 6) is 0.750. The van der Waals surface area contributed by atoms with E-state index in [1.54, 1.807) is 13.2 Å². The van der Waals surface area contributed by atoms with Crippen LogP contribution in [-0.2, 0) is 13.0 Å². The molecule has 112 valence electrons. The molecule has 5 heteroatoms. The average molecular weight is 293 g/mol. The highest BCUT2D eigenvalue weighted by Crippen LogP contribution is 2.02. The Morgan fingerprint density at radius 2 is 2.00 bits per heavy atom. The molecule has 0 spiro atoms. The minimum absolute atomic E-state index is 0.662. The Labute approximate surface area is 130 Å². The van der Waals surface area contributed by atoms with E-state index in [0.717, 1.165) is 30.2 Å². The van der Waals surface area contributed by atoms with Gasteiger partial charge < -0.3 is 10.6 Å². The Hall–Kier alpha value is -2.87. The van der Waals surface area contributed by atoms with Crippen molar-refractivity contribution < 1.29 is 0 Å². The van der Waals surface area contributed by atoms with Gasteiger partial charge in [0.1, 0.15) is 0 Å². The van der Waals surface area contributed by atoms with Crippen molar-refractivity contribution in [2.24, 2.45) is 4.99 Å². The van der Waals surface area contributed by atoms with E-state index < -0.39 is 0 Å². The molecule has 0 amide bonds. The normalized spacial score (nSPS) is 10.8. The summed E-state index contributed by atoms with van der Waals surface area (Å²) in [6.07, 6.45) is 2.64. The number of aliphatic imine (C=N–C) groups is 1. The van der Waals surface area contributed by atoms with E-state index in [4.69, 9.17) is 5.26 Å². The average Bonchev–Trinajstić information content (AvgIpc) is 2.59. The van der Waals surface area contributed by atoms with Crippen LogP contribution in [0.3, 0.4) is 0 Å². The van der Waals surface area contributed by atoms with E-state index in [9.17, 15) is 0 Å². The molecule has 2 rings (SSSR count). The maximum absolute atomic E-state index is 8.78. The van der Waals surface area contributed by atoms with Crippen LogP contribution in [0.1, 0.15) is 16.8 Å². The zero-order valence-electron chi connectivity index (χ0n) is 12.6. The Morgan fingerprint density at radius 3 is 2.64 bits per heavy atom. The van der Waals surface area contributed by atoms with Gasteiger partial charge in [-0.25, -0.2) is 0 Å². The molecular weight excluding hydrogens is 274 g/mol. The van der Waals surface area contributed by atoms with Crippen LogP contribution >= 0.6 is 0 Å². The fourth-order valence-electron chi connectivity index (χ4n) is 1.96. The Kier molecular flexibility index (Phi) is 5.94. The predicted molar refractivity (Wildman–Crippen MR) is 87.3 cm³/mol. The van der Waals surface area contributed by atoms with Crippen molar-refractivity contribution >= 4 is 5.96 Å². The highest BCUT2D eigenvalue weighted by atomic mass is 15.2. The first kappa shape index (κ1) is 15.5. The topological polar surface area (TPSA) is 73.1 Å². The van der Waals surface area contributed by atoms with E-state index >= 15 is 0 Å². The van der Waals surface area contributed by atoms with Gasteiger partial charge in [-0.05, 0) is 29.8 Å². The number of aromatic nitrogens is 1. The SMILES string of the molecule is CN=C(NCCc1ccccn1)NCc1ccc(C#N)cc1.